The van der Waals surface area contributed by atoms with Crippen molar-refractivity contribution in [2.24, 2.45) is 0 Å². The molecule has 0 aliphatic rings. The minimum absolute atomic E-state index is 0.140. The number of rotatable bonds is 5. The molecule has 2 aromatic rings. The molecular weight excluding hydrogens is 318 g/mol. The van der Waals surface area contributed by atoms with Gasteiger partial charge in [-0.2, -0.15) is 0 Å². The van der Waals surface area contributed by atoms with Crippen LogP contribution in [0.5, 0.6) is 5.75 Å². The third-order valence-electron chi connectivity index (χ3n) is 2.81. The Labute approximate surface area is 127 Å². The van der Waals surface area contributed by atoms with E-state index in [2.05, 4.69) is 21.2 Å². The Morgan fingerprint density at radius 1 is 1.15 bits per heavy atom. The normalized spacial score (nSPS) is 10.1. The molecule has 0 spiro atoms. The van der Waals surface area contributed by atoms with Crippen LogP contribution in [-0.4, -0.2) is 12.5 Å². The monoisotopic (exact) mass is 333 g/mol. The fourth-order valence-corrected chi connectivity index (χ4v) is 2.16. The maximum atomic E-state index is 12.2. The number of halogens is 1. The second kappa shape index (κ2) is 7.10. The lowest BCUT2D eigenvalue weighted by molar-refractivity contribution is 0.102. The Hall–Kier alpha value is -1.81. The summed E-state index contributed by atoms with van der Waals surface area (Å²) in [4.78, 5) is 12.2. The molecule has 0 fully saturated rings. The van der Waals surface area contributed by atoms with E-state index in [9.17, 15) is 4.79 Å². The second-order valence-electron chi connectivity index (χ2n) is 4.21. The number of anilines is 1. The lowest BCUT2D eigenvalue weighted by Gasteiger charge is -2.11. The van der Waals surface area contributed by atoms with Crippen molar-refractivity contribution in [2.45, 2.75) is 12.3 Å². The minimum Gasteiger partial charge on any atom is -0.492 e. The predicted octanol–water partition coefficient (Wildman–Crippen LogP) is 4.23. The quantitative estimate of drug-likeness (QED) is 0.831. The van der Waals surface area contributed by atoms with Crippen molar-refractivity contribution in [3.63, 3.8) is 0 Å². The van der Waals surface area contributed by atoms with E-state index in [1.54, 1.807) is 0 Å². The molecule has 0 aliphatic carbocycles. The number of nitrogens with one attached hydrogen (secondary N) is 1. The van der Waals surface area contributed by atoms with E-state index < -0.39 is 0 Å². The van der Waals surface area contributed by atoms with Gasteiger partial charge in [-0.25, -0.2) is 0 Å². The minimum atomic E-state index is -0.140. The van der Waals surface area contributed by atoms with Crippen LogP contribution in [0.3, 0.4) is 0 Å². The van der Waals surface area contributed by atoms with Crippen molar-refractivity contribution < 1.29 is 9.53 Å². The molecule has 0 atom stereocenters. The number of benzene rings is 2. The average molecular weight is 334 g/mol. The summed E-state index contributed by atoms with van der Waals surface area (Å²) in [6.45, 7) is 2.48. The first kappa shape index (κ1) is 14.6. The number of amides is 1. The van der Waals surface area contributed by atoms with Crippen molar-refractivity contribution in [3.05, 3.63) is 59.7 Å². The number of para-hydroxylation sites is 2. The Morgan fingerprint density at radius 3 is 2.50 bits per heavy atom. The van der Waals surface area contributed by atoms with Gasteiger partial charge in [0.2, 0.25) is 0 Å². The molecule has 0 aliphatic heterocycles. The van der Waals surface area contributed by atoms with Gasteiger partial charge in [-0.3, -0.25) is 4.79 Å². The highest BCUT2D eigenvalue weighted by Gasteiger charge is 2.09. The zero-order chi connectivity index (χ0) is 14.4. The maximum absolute atomic E-state index is 12.2. The smallest absolute Gasteiger partial charge is 0.255 e. The molecule has 0 bridgehead atoms. The highest BCUT2D eigenvalue weighted by Crippen LogP contribution is 2.24. The van der Waals surface area contributed by atoms with Gasteiger partial charge in [-0.15, -0.1) is 0 Å². The fraction of sp³-hybridized carbons (Fsp3) is 0.188. The fourth-order valence-electron chi connectivity index (χ4n) is 1.79. The van der Waals surface area contributed by atoms with Gasteiger partial charge in [-0.05, 0) is 36.8 Å². The third-order valence-corrected chi connectivity index (χ3v) is 3.45. The van der Waals surface area contributed by atoms with E-state index >= 15 is 0 Å². The van der Waals surface area contributed by atoms with Crippen molar-refractivity contribution in [2.75, 3.05) is 11.9 Å². The number of ether oxygens (including phenoxy) is 1. The zero-order valence-corrected chi connectivity index (χ0v) is 12.8. The lowest BCUT2D eigenvalue weighted by Crippen LogP contribution is -2.12. The van der Waals surface area contributed by atoms with Gasteiger partial charge < -0.3 is 10.1 Å². The van der Waals surface area contributed by atoms with Crippen LogP contribution in [0.4, 0.5) is 5.69 Å². The number of alkyl halides is 1. The first-order valence-electron chi connectivity index (χ1n) is 6.42. The maximum Gasteiger partial charge on any atom is 0.255 e. The summed E-state index contributed by atoms with van der Waals surface area (Å²) >= 11 is 3.38. The molecule has 104 valence electrons. The summed E-state index contributed by atoms with van der Waals surface area (Å²) < 4.78 is 5.49. The molecule has 20 heavy (non-hydrogen) atoms. The molecular formula is C16H16BrNO2. The predicted molar refractivity (Wildman–Crippen MR) is 84.6 cm³/mol. The van der Waals surface area contributed by atoms with Crippen LogP contribution in [0.25, 0.3) is 0 Å². The van der Waals surface area contributed by atoms with Gasteiger partial charge in [0.25, 0.3) is 5.91 Å². The first-order chi connectivity index (χ1) is 9.74. The molecule has 0 unspecified atom stereocenters. The van der Waals surface area contributed by atoms with Gasteiger partial charge in [0.1, 0.15) is 5.75 Å². The Bertz CT molecular complexity index is 581. The van der Waals surface area contributed by atoms with Crippen LogP contribution in [0.1, 0.15) is 22.8 Å². The molecule has 1 amide bonds. The standard InChI is InChI=1S/C16H16BrNO2/c1-2-20-15-6-4-3-5-14(15)18-16(19)13-9-7-12(11-17)8-10-13/h3-10H,2,11H2,1H3,(H,18,19). The van der Waals surface area contributed by atoms with E-state index in [1.165, 1.54) is 0 Å². The summed E-state index contributed by atoms with van der Waals surface area (Å²) in [5.74, 6) is 0.540. The Balaban J connectivity index is 2.14. The average Bonchev–Trinajstić information content (AvgIpc) is 2.49. The molecule has 0 aromatic heterocycles. The summed E-state index contributed by atoms with van der Waals surface area (Å²) in [6.07, 6.45) is 0. The number of carbonyl (C=O) groups is 1. The lowest BCUT2D eigenvalue weighted by atomic mass is 10.1. The molecule has 0 heterocycles. The number of carbonyl (C=O) groups excluding carboxylic acids is 1. The van der Waals surface area contributed by atoms with Crippen LogP contribution in [-0.2, 0) is 5.33 Å². The van der Waals surface area contributed by atoms with Crippen LogP contribution in [0, 0.1) is 0 Å². The third kappa shape index (κ3) is 3.61. The molecule has 4 heteroatoms. The molecule has 0 saturated carbocycles. The largest absolute Gasteiger partial charge is 0.492 e. The summed E-state index contributed by atoms with van der Waals surface area (Å²) in [7, 11) is 0. The van der Waals surface area contributed by atoms with Gasteiger partial charge in [0.05, 0.1) is 12.3 Å². The number of hydrogen-bond acceptors (Lipinski definition) is 2. The van der Waals surface area contributed by atoms with Crippen molar-refractivity contribution >= 4 is 27.5 Å². The topological polar surface area (TPSA) is 38.3 Å². The molecule has 2 rings (SSSR count). The summed E-state index contributed by atoms with van der Waals surface area (Å²) in [6, 6.07) is 14.9. The van der Waals surface area contributed by atoms with Crippen molar-refractivity contribution in [3.8, 4) is 5.75 Å². The Morgan fingerprint density at radius 2 is 1.85 bits per heavy atom. The van der Waals surface area contributed by atoms with Crippen LogP contribution < -0.4 is 10.1 Å². The Kier molecular flexibility index (Phi) is 5.18. The SMILES string of the molecule is CCOc1ccccc1NC(=O)c1ccc(CBr)cc1. The second-order valence-corrected chi connectivity index (χ2v) is 4.77. The molecule has 3 nitrogen and oxygen atoms in total. The van der Waals surface area contributed by atoms with Crippen LogP contribution in [0.2, 0.25) is 0 Å². The van der Waals surface area contributed by atoms with Crippen molar-refractivity contribution in [1.82, 2.24) is 0 Å². The zero-order valence-electron chi connectivity index (χ0n) is 11.2. The number of hydrogen-bond donors (Lipinski definition) is 1. The van der Waals surface area contributed by atoms with Crippen molar-refractivity contribution in [1.29, 1.82) is 0 Å². The van der Waals surface area contributed by atoms with E-state index in [0.29, 0.717) is 23.6 Å². The van der Waals surface area contributed by atoms with Crippen LogP contribution in [0.15, 0.2) is 48.5 Å². The molecule has 1 N–H and O–H groups in total. The highest BCUT2D eigenvalue weighted by atomic mass is 79.9. The van der Waals surface area contributed by atoms with E-state index in [0.717, 1.165) is 10.9 Å². The van der Waals surface area contributed by atoms with E-state index in [4.69, 9.17) is 4.74 Å². The summed E-state index contributed by atoms with van der Waals surface area (Å²) in [5.41, 5.74) is 2.45. The highest BCUT2D eigenvalue weighted by molar-refractivity contribution is 9.08. The van der Waals surface area contributed by atoms with Gasteiger partial charge in [-0.1, -0.05) is 40.2 Å². The molecule has 0 saturated heterocycles. The molecule has 0 radical (unpaired) electrons. The van der Waals surface area contributed by atoms with Crippen LogP contribution >= 0.6 is 15.9 Å². The van der Waals surface area contributed by atoms with E-state index in [-0.39, 0.29) is 5.91 Å². The van der Waals surface area contributed by atoms with Gasteiger partial charge >= 0.3 is 0 Å². The van der Waals surface area contributed by atoms with Gasteiger partial charge in [0, 0.05) is 10.9 Å². The van der Waals surface area contributed by atoms with Gasteiger partial charge in [0.15, 0.2) is 0 Å². The summed E-state index contributed by atoms with van der Waals surface area (Å²) in [5, 5.41) is 3.65. The first-order valence-corrected chi connectivity index (χ1v) is 7.55. The van der Waals surface area contributed by atoms with E-state index in [1.807, 2.05) is 55.5 Å². The molecule has 2 aromatic carbocycles.